The second-order valence-electron chi connectivity index (χ2n) is 3.41. The Morgan fingerprint density at radius 3 is 2.36 bits per heavy atom. The summed E-state index contributed by atoms with van der Waals surface area (Å²) >= 11 is 1.73. The Kier molecular flexibility index (Phi) is 2.55. The maximum atomic E-state index is 3.43. The van der Waals surface area contributed by atoms with Crippen molar-refractivity contribution < 1.29 is 0 Å². The van der Waals surface area contributed by atoms with Gasteiger partial charge in [0.1, 0.15) is 0 Å². The number of hydrogen-bond acceptors (Lipinski definition) is 2. The zero-order chi connectivity index (χ0) is 9.97. The highest BCUT2D eigenvalue weighted by Gasteiger charge is 2.00. The Hall–Kier alpha value is -1.28. The first-order valence-corrected chi connectivity index (χ1v) is 5.57. The maximum absolute atomic E-state index is 3.43. The fourth-order valence-electron chi connectivity index (χ4n) is 1.35. The van der Waals surface area contributed by atoms with Crippen LogP contribution in [0.1, 0.15) is 11.1 Å². The van der Waals surface area contributed by atoms with Gasteiger partial charge in [-0.1, -0.05) is 18.2 Å². The molecule has 14 heavy (non-hydrogen) atoms. The van der Waals surface area contributed by atoms with Crippen molar-refractivity contribution in [3.05, 3.63) is 46.2 Å². The number of benzene rings is 1. The SMILES string of the molecule is Cc1ccccc1Nc1cscc1C. The van der Waals surface area contributed by atoms with E-state index in [2.05, 4.69) is 54.2 Å². The van der Waals surface area contributed by atoms with Gasteiger partial charge < -0.3 is 5.32 Å². The van der Waals surface area contributed by atoms with Gasteiger partial charge in [0.15, 0.2) is 0 Å². The smallest absolute Gasteiger partial charge is 0.0522 e. The largest absolute Gasteiger partial charge is 0.354 e. The Bertz CT molecular complexity index is 431. The van der Waals surface area contributed by atoms with E-state index in [1.54, 1.807) is 11.3 Å². The molecule has 0 aliphatic carbocycles. The summed E-state index contributed by atoms with van der Waals surface area (Å²) in [5.41, 5.74) is 4.98. The van der Waals surface area contributed by atoms with Crippen molar-refractivity contribution in [3.8, 4) is 0 Å². The van der Waals surface area contributed by atoms with Crippen LogP contribution in [0, 0.1) is 13.8 Å². The van der Waals surface area contributed by atoms with E-state index in [9.17, 15) is 0 Å². The Morgan fingerprint density at radius 2 is 1.71 bits per heavy atom. The zero-order valence-electron chi connectivity index (χ0n) is 8.37. The molecule has 0 saturated heterocycles. The fraction of sp³-hybridized carbons (Fsp3) is 0.167. The van der Waals surface area contributed by atoms with Gasteiger partial charge in [0.25, 0.3) is 0 Å². The number of anilines is 2. The van der Waals surface area contributed by atoms with Gasteiger partial charge in [0.2, 0.25) is 0 Å². The molecular weight excluding hydrogens is 190 g/mol. The average molecular weight is 203 g/mol. The van der Waals surface area contributed by atoms with Crippen molar-refractivity contribution in [1.82, 2.24) is 0 Å². The number of nitrogens with one attached hydrogen (secondary N) is 1. The first-order chi connectivity index (χ1) is 6.77. The van der Waals surface area contributed by atoms with Crippen molar-refractivity contribution in [2.24, 2.45) is 0 Å². The molecule has 2 aromatic rings. The van der Waals surface area contributed by atoms with E-state index in [0.717, 1.165) is 0 Å². The van der Waals surface area contributed by atoms with Crippen LogP contribution in [0.2, 0.25) is 0 Å². The molecule has 0 unspecified atom stereocenters. The summed E-state index contributed by atoms with van der Waals surface area (Å²) in [5, 5.41) is 7.72. The molecule has 0 aliphatic heterocycles. The first kappa shape index (κ1) is 9.28. The van der Waals surface area contributed by atoms with Gasteiger partial charge in [-0.3, -0.25) is 0 Å². The maximum Gasteiger partial charge on any atom is 0.0522 e. The van der Waals surface area contributed by atoms with Gasteiger partial charge in [-0.2, -0.15) is 0 Å². The zero-order valence-corrected chi connectivity index (χ0v) is 9.19. The van der Waals surface area contributed by atoms with E-state index in [-0.39, 0.29) is 0 Å². The molecule has 0 saturated carbocycles. The van der Waals surface area contributed by atoms with Gasteiger partial charge in [-0.15, -0.1) is 11.3 Å². The summed E-state index contributed by atoms with van der Waals surface area (Å²) in [6.07, 6.45) is 0. The Balaban J connectivity index is 2.28. The van der Waals surface area contributed by atoms with Crippen molar-refractivity contribution >= 4 is 22.7 Å². The standard InChI is InChI=1S/C12H13NS/c1-9-5-3-4-6-11(9)13-12-8-14-7-10(12)2/h3-8,13H,1-2H3. The van der Waals surface area contributed by atoms with E-state index < -0.39 is 0 Å². The molecule has 2 heteroatoms. The predicted molar refractivity (Wildman–Crippen MR) is 63.5 cm³/mol. The van der Waals surface area contributed by atoms with Gasteiger partial charge in [-0.25, -0.2) is 0 Å². The minimum absolute atomic E-state index is 1.19. The molecule has 1 aromatic carbocycles. The normalized spacial score (nSPS) is 10.1. The minimum atomic E-state index is 1.19. The summed E-state index contributed by atoms with van der Waals surface area (Å²) in [7, 11) is 0. The highest BCUT2D eigenvalue weighted by molar-refractivity contribution is 7.08. The number of thiophene rings is 1. The molecule has 1 N–H and O–H groups in total. The molecule has 0 atom stereocenters. The van der Waals surface area contributed by atoms with Crippen LogP contribution in [-0.4, -0.2) is 0 Å². The molecule has 1 aromatic heterocycles. The molecule has 1 heterocycles. The number of aryl methyl sites for hydroxylation is 2. The van der Waals surface area contributed by atoms with Crippen LogP contribution in [0.4, 0.5) is 11.4 Å². The van der Waals surface area contributed by atoms with Crippen LogP contribution >= 0.6 is 11.3 Å². The number of rotatable bonds is 2. The van der Waals surface area contributed by atoms with Crippen LogP contribution in [0.5, 0.6) is 0 Å². The van der Waals surface area contributed by atoms with Crippen LogP contribution in [0.3, 0.4) is 0 Å². The molecular formula is C12H13NS. The first-order valence-electron chi connectivity index (χ1n) is 4.63. The minimum Gasteiger partial charge on any atom is -0.354 e. The topological polar surface area (TPSA) is 12.0 Å². The third kappa shape index (κ3) is 1.80. The summed E-state index contributed by atoms with van der Waals surface area (Å²) < 4.78 is 0. The van der Waals surface area contributed by atoms with Crippen molar-refractivity contribution in [3.63, 3.8) is 0 Å². The van der Waals surface area contributed by atoms with Crippen LogP contribution in [-0.2, 0) is 0 Å². The number of para-hydroxylation sites is 1. The van der Waals surface area contributed by atoms with Crippen molar-refractivity contribution in [2.75, 3.05) is 5.32 Å². The van der Waals surface area contributed by atoms with E-state index in [4.69, 9.17) is 0 Å². The van der Waals surface area contributed by atoms with Gasteiger partial charge in [-0.05, 0) is 36.4 Å². The van der Waals surface area contributed by atoms with Gasteiger partial charge in [0.05, 0.1) is 5.69 Å². The van der Waals surface area contributed by atoms with Crippen LogP contribution in [0.15, 0.2) is 35.0 Å². The van der Waals surface area contributed by atoms with Crippen LogP contribution < -0.4 is 5.32 Å². The highest BCUT2D eigenvalue weighted by atomic mass is 32.1. The molecule has 0 fully saturated rings. The lowest BCUT2D eigenvalue weighted by molar-refractivity contribution is 1.42. The summed E-state index contributed by atoms with van der Waals surface area (Å²) in [4.78, 5) is 0. The molecule has 2 rings (SSSR count). The second kappa shape index (κ2) is 3.84. The average Bonchev–Trinajstić information content (AvgIpc) is 2.56. The lowest BCUT2D eigenvalue weighted by atomic mass is 10.2. The summed E-state index contributed by atoms with van der Waals surface area (Å²) in [5.74, 6) is 0. The molecule has 0 aliphatic rings. The molecule has 0 amide bonds. The molecule has 0 bridgehead atoms. The van der Waals surface area contributed by atoms with E-state index in [0.29, 0.717) is 0 Å². The lowest BCUT2D eigenvalue weighted by Gasteiger charge is -2.08. The van der Waals surface area contributed by atoms with E-state index in [1.807, 2.05) is 0 Å². The third-order valence-corrected chi connectivity index (χ3v) is 3.13. The predicted octanol–water partition coefficient (Wildman–Crippen LogP) is 4.11. The highest BCUT2D eigenvalue weighted by Crippen LogP contribution is 2.25. The summed E-state index contributed by atoms with van der Waals surface area (Å²) in [6.45, 7) is 4.24. The molecule has 1 nitrogen and oxygen atoms in total. The van der Waals surface area contributed by atoms with Gasteiger partial charge in [0, 0.05) is 11.1 Å². The second-order valence-corrected chi connectivity index (χ2v) is 4.15. The monoisotopic (exact) mass is 203 g/mol. The quantitative estimate of drug-likeness (QED) is 0.774. The number of hydrogen-bond donors (Lipinski definition) is 1. The van der Waals surface area contributed by atoms with Crippen LogP contribution in [0.25, 0.3) is 0 Å². The summed E-state index contributed by atoms with van der Waals surface area (Å²) in [6, 6.07) is 8.33. The molecule has 0 spiro atoms. The van der Waals surface area contributed by atoms with E-state index in [1.165, 1.54) is 22.5 Å². The third-order valence-electron chi connectivity index (χ3n) is 2.27. The molecule has 72 valence electrons. The van der Waals surface area contributed by atoms with E-state index >= 15 is 0 Å². The Morgan fingerprint density at radius 1 is 0.929 bits per heavy atom. The Labute approximate surface area is 88.4 Å². The van der Waals surface area contributed by atoms with Crippen molar-refractivity contribution in [2.45, 2.75) is 13.8 Å². The molecule has 0 radical (unpaired) electrons. The van der Waals surface area contributed by atoms with Gasteiger partial charge >= 0.3 is 0 Å². The van der Waals surface area contributed by atoms with Crippen molar-refractivity contribution in [1.29, 1.82) is 0 Å². The lowest BCUT2D eigenvalue weighted by Crippen LogP contribution is -1.92. The fourth-order valence-corrected chi connectivity index (χ4v) is 2.13.